The van der Waals surface area contributed by atoms with Crippen LogP contribution in [-0.4, -0.2) is 12.5 Å². The molecule has 17 heavy (non-hydrogen) atoms. The molecular weight excluding hydrogens is 212 g/mol. The summed E-state index contributed by atoms with van der Waals surface area (Å²) < 4.78 is 0. The predicted molar refractivity (Wildman–Crippen MR) is 69.2 cm³/mol. The standard InChI is InChI=1S/C14H18N2O/c17-14-7-4-11-8-12(5-6-13(11)16-14)15-9-10-2-1-3-10/h5-6,8,10,15H,1-4,7,9H2,(H,16,17). The van der Waals surface area contributed by atoms with Crippen molar-refractivity contribution < 1.29 is 4.79 Å². The number of carbonyl (C=O) groups is 1. The molecule has 1 heterocycles. The number of nitrogens with one attached hydrogen (secondary N) is 2. The number of amides is 1. The van der Waals surface area contributed by atoms with Crippen molar-refractivity contribution in [3.63, 3.8) is 0 Å². The second kappa shape index (κ2) is 4.40. The molecule has 1 amide bonds. The molecule has 1 aromatic carbocycles. The molecule has 3 nitrogen and oxygen atoms in total. The molecule has 0 spiro atoms. The van der Waals surface area contributed by atoms with E-state index in [1.807, 2.05) is 6.07 Å². The molecule has 3 rings (SSSR count). The number of carbonyl (C=O) groups excluding carboxylic acids is 1. The largest absolute Gasteiger partial charge is 0.385 e. The monoisotopic (exact) mass is 230 g/mol. The van der Waals surface area contributed by atoms with E-state index in [1.165, 1.54) is 30.5 Å². The van der Waals surface area contributed by atoms with E-state index in [0.29, 0.717) is 6.42 Å². The minimum atomic E-state index is 0.132. The molecule has 1 aliphatic heterocycles. The van der Waals surface area contributed by atoms with Crippen molar-refractivity contribution >= 4 is 17.3 Å². The first-order valence-electron chi connectivity index (χ1n) is 6.48. The van der Waals surface area contributed by atoms with Gasteiger partial charge in [-0.05, 0) is 48.9 Å². The van der Waals surface area contributed by atoms with Crippen LogP contribution in [0.3, 0.4) is 0 Å². The van der Waals surface area contributed by atoms with Gasteiger partial charge in [0.15, 0.2) is 0 Å². The Morgan fingerprint density at radius 1 is 1.29 bits per heavy atom. The SMILES string of the molecule is O=C1CCc2cc(NCC3CCC3)ccc2N1. The first-order chi connectivity index (χ1) is 8.31. The van der Waals surface area contributed by atoms with Gasteiger partial charge in [0, 0.05) is 24.3 Å². The Bertz CT molecular complexity index is 438. The zero-order chi connectivity index (χ0) is 11.7. The second-order valence-electron chi connectivity index (χ2n) is 5.10. The maximum atomic E-state index is 11.2. The van der Waals surface area contributed by atoms with E-state index in [4.69, 9.17) is 0 Å². The minimum Gasteiger partial charge on any atom is -0.385 e. The van der Waals surface area contributed by atoms with E-state index in [1.54, 1.807) is 0 Å². The summed E-state index contributed by atoms with van der Waals surface area (Å²) in [5, 5.41) is 6.40. The smallest absolute Gasteiger partial charge is 0.224 e. The Hall–Kier alpha value is -1.51. The molecule has 1 fully saturated rings. The molecular formula is C14H18N2O. The fraction of sp³-hybridized carbons (Fsp3) is 0.500. The summed E-state index contributed by atoms with van der Waals surface area (Å²) in [7, 11) is 0. The zero-order valence-corrected chi connectivity index (χ0v) is 9.96. The highest BCUT2D eigenvalue weighted by atomic mass is 16.1. The molecule has 0 saturated heterocycles. The normalized spacial score (nSPS) is 19.2. The molecule has 1 aliphatic carbocycles. The number of rotatable bonds is 3. The molecule has 90 valence electrons. The lowest BCUT2D eigenvalue weighted by Gasteiger charge is -2.26. The maximum Gasteiger partial charge on any atom is 0.224 e. The molecule has 2 N–H and O–H groups in total. The molecule has 0 unspecified atom stereocenters. The quantitative estimate of drug-likeness (QED) is 0.838. The highest BCUT2D eigenvalue weighted by Gasteiger charge is 2.18. The molecule has 0 bridgehead atoms. The fourth-order valence-electron chi connectivity index (χ4n) is 2.45. The van der Waals surface area contributed by atoms with Crippen molar-refractivity contribution in [1.29, 1.82) is 0 Å². The molecule has 0 radical (unpaired) electrons. The predicted octanol–water partition coefficient (Wildman–Crippen LogP) is 2.78. The van der Waals surface area contributed by atoms with Gasteiger partial charge in [0.1, 0.15) is 0 Å². The van der Waals surface area contributed by atoms with Gasteiger partial charge in [0.05, 0.1) is 0 Å². The van der Waals surface area contributed by atoms with E-state index < -0.39 is 0 Å². The molecule has 1 aromatic rings. The summed E-state index contributed by atoms with van der Waals surface area (Å²) >= 11 is 0. The number of fused-ring (bicyclic) bond motifs is 1. The van der Waals surface area contributed by atoms with Gasteiger partial charge in [-0.25, -0.2) is 0 Å². The van der Waals surface area contributed by atoms with Crippen molar-refractivity contribution in [3.05, 3.63) is 23.8 Å². The molecule has 1 saturated carbocycles. The summed E-state index contributed by atoms with van der Waals surface area (Å²) in [5.74, 6) is 0.999. The van der Waals surface area contributed by atoms with Gasteiger partial charge in [-0.3, -0.25) is 4.79 Å². The zero-order valence-electron chi connectivity index (χ0n) is 9.96. The van der Waals surface area contributed by atoms with Gasteiger partial charge < -0.3 is 10.6 Å². The van der Waals surface area contributed by atoms with Crippen LogP contribution < -0.4 is 10.6 Å². The average molecular weight is 230 g/mol. The van der Waals surface area contributed by atoms with Crippen molar-refractivity contribution in [2.24, 2.45) is 5.92 Å². The molecule has 0 aromatic heterocycles. The van der Waals surface area contributed by atoms with E-state index in [0.717, 1.165) is 24.6 Å². The lowest BCUT2D eigenvalue weighted by Crippen LogP contribution is -2.21. The van der Waals surface area contributed by atoms with Crippen LogP contribution in [-0.2, 0) is 11.2 Å². The van der Waals surface area contributed by atoms with Crippen LogP contribution in [0.4, 0.5) is 11.4 Å². The summed E-state index contributed by atoms with van der Waals surface area (Å²) in [6.07, 6.45) is 5.60. The van der Waals surface area contributed by atoms with Gasteiger partial charge in [0.2, 0.25) is 5.91 Å². The number of anilines is 2. The third-order valence-corrected chi connectivity index (χ3v) is 3.82. The number of hydrogen-bond acceptors (Lipinski definition) is 2. The van der Waals surface area contributed by atoms with Crippen LogP contribution in [0.2, 0.25) is 0 Å². The summed E-state index contributed by atoms with van der Waals surface area (Å²) in [4.78, 5) is 11.2. The van der Waals surface area contributed by atoms with Crippen molar-refractivity contribution in [1.82, 2.24) is 0 Å². The Morgan fingerprint density at radius 2 is 2.18 bits per heavy atom. The molecule has 2 aliphatic rings. The van der Waals surface area contributed by atoms with Crippen molar-refractivity contribution in [2.75, 3.05) is 17.2 Å². The van der Waals surface area contributed by atoms with Crippen LogP contribution in [0.5, 0.6) is 0 Å². The van der Waals surface area contributed by atoms with E-state index in [-0.39, 0.29) is 5.91 Å². The summed E-state index contributed by atoms with van der Waals surface area (Å²) in [6, 6.07) is 6.24. The van der Waals surface area contributed by atoms with Gasteiger partial charge in [0.25, 0.3) is 0 Å². The van der Waals surface area contributed by atoms with Crippen molar-refractivity contribution in [2.45, 2.75) is 32.1 Å². The molecule has 0 atom stereocenters. The highest BCUT2D eigenvalue weighted by molar-refractivity contribution is 5.94. The van der Waals surface area contributed by atoms with Crippen LogP contribution in [0, 0.1) is 5.92 Å². The first kappa shape index (κ1) is 10.6. The Balaban J connectivity index is 1.67. The van der Waals surface area contributed by atoms with E-state index in [2.05, 4.69) is 22.8 Å². The van der Waals surface area contributed by atoms with Crippen LogP contribution in [0.15, 0.2) is 18.2 Å². The van der Waals surface area contributed by atoms with Crippen LogP contribution >= 0.6 is 0 Å². The fourth-order valence-corrected chi connectivity index (χ4v) is 2.45. The highest BCUT2D eigenvalue weighted by Crippen LogP contribution is 2.28. The second-order valence-corrected chi connectivity index (χ2v) is 5.10. The number of aryl methyl sites for hydroxylation is 1. The van der Waals surface area contributed by atoms with Crippen molar-refractivity contribution in [3.8, 4) is 0 Å². The Kier molecular flexibility index (Phi) is 2.75. The van der Waals surface area contributed by atoms with E-state index >= 15 is 0 Å². The topological polar surface area (TPSA) is 41.1 Å². The average Bonchev–Trinajstić information content (AvgIpc) is 2.27. The van der Waals surface area contributed by atoms with Gasteiger partial charge >= 0.3 is 0 Å². The third-order valence-electron chi connectivity index (χ3n) is 3.82. The number of benzene rings is 1. The van der Waals surface area contributed by atoms with E-state index in [9.17, 15) is 4.79 Å². The minimum absolute atomic E-state index is 0.132. The van der Waals surface area contributed by atoms with Gasteiger partial charge in [-0.2, -0.15) is 0 Å². The van der Waals surface area contributed by atoms with Gasteiger partial charge in [-0.15, -0.1) is 0 Å². The third kappa shape index (κ3) is 2.28. The summed E-state index contributed by atoms with van der Waals surface area (Å²) in [5.41, 5.74) is 3.42. The molecule has 3 heteroatoms. The van der Waals surface area contributed by atoms with Gasteiger partial charge in [-0.1, -0.05) is 6.42 Å². The Morgan fingerprint density at radius 3 is 2.94 bits per heavy atom. The van der Waals surface area contributed by atoms with Crippen LogP contribution in [0.1, 0.15) is 31.2 Å². The summed E-state index contributed by atoms with van der Waals surface area (Å²) in [6.45, 7) is 1.09. The Labute approximate surface area is 102 Å². The maximum absolute atomic E-state index is 11.2. The lowest BCUT2D eigenvalue weighted by atomic mass is 9.85. The number of hydrogen-bond donors (Lipinski definition) is 2. The lowest BCUT2D eigenvalue weighted by molar-refractivity contribution is -0.116. The van der Waals surface area contributed by atoms with Crippen LogP contribution in [0.25, 0.3) is 0 Å². The first-order valence-corrected chi connectivity index (χ1v) is 6.48.